The molecule has 0 aromatic heterocycles. The van der Waals surface area contributed by atoms with E-state index in [1.807, 2.05) is 0 Å². The lowest BCUT2D eigenvalue weighted by molar-refractivity contribution is -0.124. The normalized spacial score (nSPS) is 40.5. The number of halogens is 1. The van der Waals surface area contributed by atoms with Gasteiger partial charge >= 0.3 is 0 Å². The summed E-state index contributed by atoms with van der Waals surface area (Å²) in [6.07, 6.45) is 7.03. The number of hydrazine groups is 1. The minimum atomic E-state index is -0.0897. The molecule has 3 aliphatic heterocycles. The van der Waals surface area contributed by atoms with E-state index in [1.54, 1.807) is 0 Å². The minimum Gasteiger partial charge on any atom is -0.302 e. The van der Waals surface area contributed by atoms with E-state index < -0.39 is 0 Å². The average molecular weight is 399 g/mol. The fourth-order valence-electron chi connectivity index (χ4n) is 5.44. The number of hydrogen-bond donors (Lipinski definition) is 2. The van der Waals surface area contributed by atoms with E-state index in [9.17, 15) is 4.79 Å². The fourth-order valence-corrected chi connectivity index (χ4v) is 6.08. The SMILES string of the molecule is CC1CCCCC1CN1CC2(CCN(C3CNNC(=O)C3Br)C2)C1. The summed E-state index contributed by atoms with van der Waals surface area (Å²) in [4.78, 5) is 17.0. The summed E-state index contributed by atoms with van der Waals surface area (Å²) in [6, 6.07) is 0.283. The molecule has 6 heteroatoms. The summed E-state index contributed by atoms with van der Waals surface area (Å²) in [5.41, 5.74) is 6.26. The van der Waals surface area contributed by atoms with Crippen LogP contribution in [0.4, 0.5) is 0 Å². The molecule has 0 aromatic carbocycles. The standard InChI is InChI=1S/C18H31BrN4O/c1-13-4-2-3-5-14(13)9-22-10-18(11-22)6-7-23(12-18)15-8-20-21-17(24)16(15)19/h13-16,20H,2-12H2,1H3,(H,21,24). The molecule has 4 fully saturated rings. The van der Waals surface area contributed by atoms with Gasteiger partial charge in [-0.1, -0.05) is 42.1 Å². The Morgan fingerprint density at radius 1 is 1.25 bits per heavy atom. The van der Waals surface area contributed by atoms with Gasteiger partial charge in [-0.25, -0.2) is 5.43 Å². The maximum Gasteiger partial charge on any atom is 0.249 e. The van der Waals surface area contributed by atoms with Crippen molar-refractivity contribution in [2.24, 2.45) is 17.3 Å². The number of carbonyl (C=O) groups excluding carboxylic acids is 1. The average Bonchev–Trinajstić information content (AvgIpc) is 2.97. The Balaban J connectivity index is 1.28. The van der Waals surface area contributed by atoms with Gasteiger partial charge in [-0.2, -0.15) is 0 Å². The van der Waals surface area contributed by atoms with E-state index in [4.69, 9.17) is 0 Å². The van der Waals surface area contributed by atoms with Gasteiger partial charge in [0.1, 0.15) is 4.83 Å². The summed E-state index contributed by atoms with van der Waals surface area (Å²) in [6.45, 7) is 9.44. The first-order valence-corrected chi connectivity index (χ1v) is 10.6. The molecule has 24 heavy (non-hydrogen) atoms. The highest BCUT2D eigenvalue weighted by Gasteiger charge is 2.50. The van der Waals surface area contributed by atoms with E-state index in [0.29, 0.717) is 5.41 Å². The number of rotatable bonds is 3. The Kier molecular flexibility index (Phi) is 4.93. The molecule has 2 N–H and O–H groups in total. The minimum absolute atomic E-state index is 0.0636. The van der Waals surface area contributed by atoms with E-state index in [0.717, 1.165) is 31.5 Å². The molecule has 4 rings (SSSR count). The highest BCUT2D eigenvalue weighted by molar-refractivity contribution is 9.10. The quantitative estimate of drug-likeness (QED) is 0.708. The van der Waals surface area contributed by atoms with Gasteiger partial charge in [-0.15, -0.1) is 0 Å². The third-order valence-corrected chi connectivity index (χ3v) is 7.97. The lowest BCUT2D eigenvalue weighted by atomic mass is 9.75. The monoisotopic (exact) mass is 398 g/mol. The van der Waals surface area contributed by atoms with Crippen molar-refractivity contribution in [3.63, 3.8) is 0 Å². The van der Waals surface area contributed by atoms with Crippen LogP contribution in [0.5, 0.6) is 0 Å². The molecule has 136 valence electrons. The van der Waals surface area contributed by atoms with Crippen LogP contribution in [0.25, 0.3) is 0 Å². The molecule has 3 heterocycles. The summed E-state index contributed by atoms with van der Waals surface area (Å²) in [5.74, 6) is 1.90. The van der Waals surface area contributed by atoms with Crippen LogP contribution in [0.1, 0.15) is 39.0 Å². The summed E-state index contributed by atoms with van der Waals surface area (Å²) < 4.78 is 0. The lowest BCUT2D eigenvalue weighted by Gasteiger charge is -2.50. The van der Waals surface area contributed by atoms with Gasteiger partial charge in [0.05, 0.1) is 0 Å². The maximum atomic E-state index is 11.9. The highest BCUT2D eigenvalue weighted by Crippen LogP contribution is 2.42. The summed E-state index contributed by atoms with van der Waals surface area (Å²) in [7, 11) is 0. The van der Waals surface area contributed by atoms with Crippen LogP contribution in [0, 0.1) is 17.3 Å². The summed E-state index contributed by atoms with van der Waals surface area (Å²) in [5, 5.41) is 0. The Morgan fingerprint density at radius 3 is 2.83 bits per heavy atom. The molecule has 4 atom stereocenters. The second-order valence-electron chi connectivity index (χ2n) is 8.75. The summed E-state index contributed by atoms with van der Waals surface area (Å²) >= 11 is 3.59. The van der Waals surface area contributed by atoms with Gasteiger partial charge in [-0.3, -0.25) is 15.1 Å². The Bertz CT molecular complexity index is 482. The molecule has 1 aliphatic carbocycles. The smallest absolute Gasteiger partial charge is 0.249 e. The lowest BCUT2D eigenvalue weighted by Crippen LogP contribution is -2.63. The van der Waals surface area contributed by atoms with Gasteiger partial charge in [0.25, 0.3) is 0 Å². The van der Waals surface area contributed by atoms with Crippen LogP contribution >= 0.6 is 15.9 Å². The predicted molar refractivity (Wildman–Crippen MR) is 98.8 cm³/mol. The van der Waals surface area contributed by atoms with Crippen molar-refractivity contribution in [3.8, 4) is 0 Å². The van der Waals surface area contributed by atoms with E-state index in [1.165, 1.54) is 51.7 Å². The third kappa shape index (κ3) is 3.27. The van der Waals surface area contributed by atoms with Crippen molar-refractivity contribution < 1.29 is 4.79 Å². The maximum absolute atomic E-state index is 11.9. The number of nitrogens with zero attached hydrogens (tertiary/aromatic N) is 2. The highest BCUT2D eigenvalue weighted by atomic mass is 79.9. The first-order valence-electron chi connectivity index (χ1n) is 9.70. The second-order valence-corrected chi connectivity index (χ2v) is 9.74. The molecule has 0 bridgehead atoms. The van der Waals surface area contributed by atoms with Crippen LogP contribution in [0.3, 0.4) is 0 Å². The van der Waals surface area contributed by atoms with Crippen molar-refractivity contribution in [2.75, 3.05) is 39.3 Å². The fraction of sp³-hybridized carbons (Fsp3) is 0.944. The van der Waals surface area contributed by atoms with Gasteiger partial charge in [0.2, 0.25) is 5.91 Å². The van der Waals surface area contributed by atoms with Crippen molar-refractivity contribution in [3.05, 3.63) is 0 Å². The van der Waals surface area contributed by atoms with E-state index >= 15 is 0 Å². The van der Waals surface area contributed by atoms with Gasteiger partial charge in [-0.05, 0) is 31.2 Å². The molecule has 1 saturated carbocycles. The zero-order chi connectivity index (χ0) is 16.7. The Hall–Kier alpha value is -0.170. The number of nitrogens with one attached hydrogen (secondary N) is 2. The number of amides is 1. The Labute approximate surface area is 154 Å². The van der Waals surface area contributed by atoms with Crippen LogP contribution in [0.2, 0.25) is 0 Å². The van der Waals surface area contributed by atoms with Crippen molar-refractivity contribution in [1.82, 2.24) is 20.7 Å². The first-order chi connectivity index (χ1) is 11.6. The molecule has 0 radical (unpaired) electrons. The largest absolute Gasteiger partial charge is 0.302 e. The number of alkyl halides is 1. The van der Waals surface area contributed by atoms with E-state index in [2.05, 4.69) is 43.5 Å². The van der Waals surface area contributed by atoms with Gasteiger partial charge in [0, 0.05) is 44.2 Å². The Morgan fingerprint density at radius 2 is 2.04 bits per heavy atom. The predicted octanol–water partition coefficient (Wildman–Crippen LogP) is 1.59. The number of carbonyl (C=O) groups is 1. The van der Waals surface area contributed by atoms with Crippen LogP contribution in [0.15, 0.2) is 0 Å². The zero-order valence-electron chi connectivity index (χ0n) is 14.8. The van der Waals surface area contributed by atoms with Crippen LogP contribution in [-0.2, 0) is 4.79 Å². The molecular formula is C18H31BrN4O. The van der Waals surface area contributed by atoms with E-state index in [-0.39, 0.29) is 16.8 Å². The molecule has 0 aromatic rings. The molecule has 4 unspecified atom stereocenters. The van der Waals surface area contributed by atoms with Crippen molar-refractivity contribution in [1.29, 1.82) is 0 Å². The van der Waals surface area contributed by atoms with Crippen molar-refractivity contribution >= 4 is 21.8 Å². The van der Waals surface area contributed by atoms with Gasteiger partial charge < -0.3 is 4.90 Å². The molecule has 5 nitrogen and oxygen atoms in total. The molecule has 3 saturated heterocycles. The molecule has 1 spiro atoms. The zero-order valence-corrected chi connectivity index (χ0v) is 16.4. The van der Waals surface area contributed by atoms with Crippen LogP contribution < -0.4 is 10.9 Å². The molecular weight excluding hydrogens is 368 g/mol. The number of hydrogen-bond acceptors (Lipinski definition) is 4. The third-order valence-electron chi connectivity index (χ3n) is 6.95. The number of likely N-dealkylation sites (tertiary alicyclic amines) is 2. The molecule has 1 amide bonds. The first kappa shape index (κ1) is 17.3. The van der Waals surface area contributed by atoms with Crippen molar-refractivity contribution in [2.45, 2.75) is 49.9 Å². The second kappa shape index (κ2) is 6.86. The van der Waals surface area contributed by atoms with Gasteiger partial charge in [0.15, 0.2) is 0 Å². The molecule has 4 aliphatic rings. The van der Waals surface area contributed by atoms with Crippen LogP contribution in [-0.4, -0.2) is 65.8 Å². The topological polar surface area (TPSA) is 47.6 Å².